The molecule has 0 fully saturated rings. The lowest BCUT2D eigenvalue weighted by atomic mass is 9.94. The van der Waals surface area contributed by atoms with Crippen LogP contribution in [-0.4, -0.2) is 55.3 Å². The zero-order valence-electron chi connectivity index (χ0n) is 19.7. The quantitative estimate of drug-likeness (QED) is 0.418. The number of hydrogen-bond donors (Lipinski definition) is 3. The van der Waals surface area contributed by atoms with Gasteiger partial charge in [-0.1, -0.05) is 19.1 Å². The van der Waals surface area contributed by atoms with Crippen LogP contribution in [0, 0.1) is 0 Å². The van der Waals surface area contributed by atoms with Crippen molar-refractivity contribution in [3.05, 3.63) is 41.1 Å². The SMILES string of the molecule is CCCN1C(=O)N[C@H](c2ccc(NC(=O)NC(C)(C)C)cc2)C(C(=O)OCCOC)=C1C. The van der Waals surface area contributed by atoms with Gasteiger partial charge < -0.3 is 25.4 Å². The van der Waals surface area contributed by atoms with Crippen molar-refractivity contribution < 1.29 is 23.9 Å². The number of urea groups is 2. The fraction of sp³-hybridized carbons (Fsp3) is 0.522. The second-order valence-electron chi connectivity index (χ2n) is 8.61. The average molecular weight is 447 g/mol. The predicted octanol–water partition coefficient (Wildman–Crippen LogP) is 3.55. The predicted molar refractivity (Wildman–Crippen MR) is 122 cm³/mol. The molecule has 2 rings (SSSR count). The Morgan fingerprint density at radius 3 is 2.38 bits per heavy atom. The molecule has 1 aromatic carbocycles. The summed E-state index contributed by atoms with van der Waals surface area (Å²) in [5.74, 6) is -0.502. The first-order chi connectivity index (χ1) is 15.1. The molecule has 3 N–H and O–H groups in total. The lowest BCUT2D eigenvalue weighted by molar-refractivity contribution is -0.140. The van der Waals surface area contributed by atoms with Gasteiger partial charge in [0.05, 0.1) is 18.2 Å². The first-order valence-electron chi connectivity index (χ1n) is 10.7. The van der Waals surface area contributed by atoms with Crippen molar-refractivity contribution in [2.75, 3.05) is 32.2 Å². The van der Waals surface area contributed by atoms with Crippen LogP contribution < -0.4 is 16.0 Å². The fourth-order valence-electron chi connectivity index (χ4n) is 3.35. The maximum absolute atomic E-state index is 12.9. The highest BCUT2D eigenvalue weighted by atomic mass is 16.6. The molecule has 4 amide bonds. The number of rotatable bonds is 8. The molecule has 1 aromatic rings. The van der Waals surface area contributed by atoms with Crippen molar-refractivity contribution in [3.63, 3.8) is 0 Å². The first-order valence-corrected chi connectivity index (χ1v) is 10.7. The number of nitrogens with zero attached hydrogens (tertiary/aromatic N) is 1. The van der Waals surface area contributed by atoms with E-state index < -0.39 is 12.0 Å². The molecule has 1 aliphatic rings. The minimum absolute atomic E-state index is 0.117. The van der Waals surface area contributed by atoms with E-state index >= 15 is 0 Å². The van der Waals surface area contributed by atoms with Crippen LogP contribution in [0.4, 0.5) is 15.3 Å². The molecule has 9 heteroatoms. The zero-order chi connectivity index (χ0) is 23.9. The van der Waals surface area contributed by atoms with Gasteiger partial charge in [0, 0.05) is 30.6 Å². The van der Waals surface area contributed by atoms with E-state index in [2.05, 4.69) is 16.0 Å². The van der Waals surface area contributed by atoms with Gasteiger partial charge in [0.25, 0.3) is 0 Å². The van der Waals surface area contributed by atoms with Crippen LogP contribution in [0.15, 0.2) is 35.5 Å². The van der Waals surface area contributed by atoms with E-state index in [1.54, 1.807) is 36.1 Å². The Kier molecular flexibility index (Phi) is 8.65. The number of benzene rings is 1. The molecule has 176 valence electrons. The number of methoxy groups -OCH3 is 1. The van der Waals surface area contributed by atoms with Crippen LogP contribution >= 0.6 is 0 Å². The molecule has 0 saturated heterocycles. The Labute approximate surface area is 189 Å². The van der Waals surface area contributed by atoms with Gasteiger partial charge in [-0.05, 0) is 51.8 Å². The van der Waals surface area contributed by atoms with Gasteiger partial charge in [-0.3, -0.25) is 4.90 Å². The summed E-state index contributed by atoms with van der Waals surface area (Å²) < 4.78 is 10.3. The first kappa shape index (κ1) is 25.2. The van der Waals surface area contributed by atoms with Crippen molar-refractivity contribution in [1.82, 2.24) is 15.5 Å². The second-order valence-corrected chi connectivity index (χ2v) is 8.61. The van der Waals surface area contributed by atoms with E-state index in [9.17, 15) is 14.4 Å². The Morgan fingerprint density at radius 1 is 1.16 bits per heavy atom. The van der Waals surface area contributed by atoms with E-state index in [0.717, 1.165) is 6.42 Å². The van der Waals surface area contributed by atoms with Crippen molar-refractivity contribution in [2.45, 2.75) is 52.6 Å². The summed E-state index contributed by atoms with van der Waals surface area (Å²) >= 11 is 0. The minimum atomic E-state index is -0.664. The number of esters is 1. The topological polar surface area (TPSA) is 109 Å². The van der Waals surface area contributed by atoms with Gasteiger partial charge >= 0.3 is 18.0 Å². The standard InChI is InChI=1S/C23H34N4O5/c1-7-12-27-15(2)18(20(28)32-14-13-31-6)19(25-22(27)30)16-8-10-17(11-9-16)24-21(29)26-23(3,4)5/h8-11,19H,7,12-14H2,1-6H3,(H,25,30)(H2,24,26,29)/t19-/m1/s1. The largest absolute Gasteiger partial charge is 0.460 e. The van der Waals surface area contributed by atoms with Crippen LogP contribution in [-0.2, 0) is 14.3 Å². The molecule has 1 aliphatic heterocycles. The molecular weight excluding hydrogens is 412 g/mol. The third-order valence-electron chi connectivity index (χ3n) is 4.77. The van der Waals surface area contributed by atoms with E-state index in [1.165, 1.54) is 7.11 Å². The normalized spacial score (nSPS) is 16.5. The van der Waals surface area contributed by atoms with Gasteiger partial charge in [0.1, 0.15) is 6.61 Å². The number of allylic oxidation sites excluding steroid dienone is 1. The summed E-state index contributed by atoms with van der Waals surface area (Å²) in [4.78, 5) is 39.2. The molecule has 0 radical (unpaired) electrons. The number of amides is 4. The summed E-state index contributed by atoms with van der Waals surface area (Å²) in [7, 11) is 1.53. The van der Waals surface area contributed by atoms with E-state index in [1.807, 2.05) is 27.7 Å². The number of ether oxygens (including phenoxy) is 2. The molecule has 0 spiro atoms. The summed E-state index contributed by atoms with van der Waals surface area (Å²) in [6.45, 7) is 10.3. The maximum Gasteiger partial charge on any atom is 0.338 e. The van der Waals surface area contributed by atoms with Crippen LogP contribution in [0.5, 0.6) is 0 Å². The van der Waals surface area contributed by atoms with Gasteiger partial charge in [-0.25, -0.2) is 14.4 Å². The Morgan fingerprint density at radius 2 is 1.81 bits per heavy atom. The van der Waals surface area contributed by atoms with Crippen LogP contribution in [0.25, 0.3) is 0 Å². The molecule has 1 heterocycles. The highest BCUT2D eigenvalue weighted by Gasteiger charge is 2.36. The molecule has 32 heavy (non-hydrogen) atoms. The summed E-state index contributed by atoms with van der Waals surface area (Å²) in [6.07, 6.45) is 0.748. The number of carbonyl (C=O) groups is 3. The number of carbonyl (C=O) groups excluding carboxylic acids is 3. The van der Waals surface area contributed by atoms with E-state index in [0.29, 0.717) is 29.1 Å². The van der Waals surface area contributed by atoms with Crippen LogP contribution in [0.2, 0.25) is 0 Å². The van der Waals surface area contributed by atoms with Crippen molar-refractivity contribution in [1.29, 1.82) is 0 Å². The third-order valence-corrected chi connectivity index (χ3v) is 4.77. The van der Waals surface area contributed by atoms with Gasteiger partial charge in [0.2, 0.25) is 0 Å². The number of hydrogen-bond acceptors (Lipinski definition) is 5. The van der Waals surface area contributed by atoms with Crippen molar-refractivity contribution >= 4 is 23.7 Å². The van der Waals surface area contributed by atoms with Gasteiger partial charge in [-0.2, -0.15) is 0 Å². The summed E-state index contributed by atoms with van der Waals surface area (Å²) in [6, 6.07) is 5.74. The summed E-state index contributed by atoms with van der Waals surface area (Å²) in [5.41, 5.74) is 1.88. The third kappa shape index (κ3) is 6.71. The highest BCUT2D eigenvalue weighted by Crippen LogP contribution is 2.32. The molecule has 9 nitrogen and oxygen atoms in total. The smallest absolute Gasteiger partial charge is 0.338 e. The molecular formula is C23H34N4O5. The second kappa shape index (κ2) is 11.0. The van der Waals surface area contributed by atoms with Gasteiger partial charge in [0.15, 0.2) is 0 Å². The van der Waals surface area contributed by atoms with E-state index in [-0.39, 0.29) is 30.8 Å². The highest BCUT2D eigenvalue weighted by molar-refractivity contribution is 5.95. The average Bonchev–Trinajstić information content (AvgIpc) is 2.70. The molecule has 0 aromatic heterocycles. The number of nitrogens with one attached hydrogen (secondary N) is 3. The molecule has 0 bridgehead atoms. The van der Waals surface area contributed by atoms with Crippen molar-refractivity contribution in [2.24, 2.45) is 0 Å². The van der Waals surface area contributed by atoms with Crippen LogP contribution in [0.1, 0.15) is 52.6 Å². The minimum Gasteiger partial charge on any atom is -0.460 e. The molecule has 1 atom stereocenters. The zero-order valence-corrected chi connectivity index (χ0v) is 19.7. The summed E-state index contributed by atoms with van der Waals surface area (Å²) in [5, 5.41) is 8.51. The van der Waals surface area contributed by atoms with E-state index in [4.69, 9.17) is 9.47 Å². The Hall–Kier alpha value is -3.07. The van der Waals surface area contributed by atoms with Gasteiger partial charge in [-0.15, -0.1) is 0 Å². The Bertz CT molecular complexity index is 858. The Balaban J connectivity index is 2.29. The molecule has 0 saturated carbocycles. The van der Waals surface area contributed by atoms with Crippen LogP contribution in [0.3, 0.4) is 0 Å². The van der Waals surface area contributed by atoms with Crippen molar-refractivity contribution in [3.8, 4) is 0 Å². The maximum atomic E-state index is 12.9. The lowest BCUT2D eigenvalue weighted by Gasteiger charge is -2.35. The number of anilines is 1. The molecule has 0 unspecified atom stereocenters. The fourth-order valence-corrected chi connectivity index (χ4v) is 3.35. The molecule has 0 aliphatic carbocycles. The lowest BCUT2D eigenvalue weighted by Crippen LogP contribution is -2.48. The monoisotopic (exact) mass is 446 g/mol.